The van der Waals surface area contributed by atoms with Gasteiger partial charge in [0, 0.05) is 5.56 Å². The summed E-state index contributed by atoms with van der Waals surface area (Å²) in [6.07, 6.45) is -8.92. The van der Waals surface area contributed by atoms with Crippen molar-refractivity contribution in [1.82, 2.24) is 0 Å². The summed E-state index contributed by atoms with van der Waals surface area (Å²) in [4.78, 5) is 12.1. The number of benzene rings is 1. The van der Waals surface area contributed by atoms with Crippen LogP contribution < -0.4 is 10.5 Å². The van der Waals surface area contributed by atoms with E-state index in [1.165, 1.54) is 0 Å². The van der Waals surface area contributed by atoms with Crippen LogP contribution in [-0.4, -0.2) is 105 Å². The van der Waals surface area contributed by atoms with Crippen molar-refractivity contribution >= 4 is 5.91 Å². The normalized spacial score (nSPS) is 32.3. The lowest BCUT2D eigenvalue weighted by molar-refractivity contribution is -0.345. The van der Waals surface area contributed by atoms with Gasteiger partial charge in [0.05, 0.1) is 13.2 Å². The van der Waals surface area contributed by atoms with Crippen molar-refractivity contribution in [3.8, 4) is 5.75 Å². The third kappa shape index (κ3) is 7.66. The van der Waals surface area contributed by atoms with Crippen LogP contribution in [0.4, 0.5) is 0 Å². The molecule has 3 rings (SSSR count). The van der Waals surface area contributed by atoms with Gasteiger partial charge in [-0.05, 0) is 63.8 Å². The third-order valence-electron chi connectivity index (χ3n) is 6.79. The fourth-order valence-electron chi connectivity index (χ4n) is 4.45. The molecule has 1 aromatic rings. The summed E-state index contributed by atoms with van der Waals surface area (Å²) in [5.74, 6) is -0.305. The molecule has 8 N–H and O–H groups in total. The maximum absolute atomic E-state index is 12.1. The fourth-order valence-corrected chi connectivity index (χ4v) is 4.45. The molecule has 0 saturated carbocycles. The van der Waals surface area contributed by atoms with Gasteiger partial charge < -0.3 is 55.3 Å². The summed E-state index contributed by atoms with van der Waals surface area (Å²) in [7, 11) is 0. The SMILES string of the molecule is CC(C)=CCc1cc(C(N)=O)cc(CC=C(C)C)c1O[C@@H]1O[C@H](CO)[C@@H](O)[C@H](O)[C@H]1O[C@H]1OC[C@H](O)[C@H](O)[C@H]1O. The van der Waals surface area contributed by atoms with Gasteiger partial charge in [-0.15, -0.1) is 0 Å². The Labute approximate surface area is 233 Å². The summed E-state index contributed by atoms with van der Waals surface area (Å²) in [5.41, 5.74) is 9.08. The van der Waals surface area contributed by atoms with E-state index in [0.29, 0.717) is 29.7 Å². The van der Waals surface area contributed by atoms with Crippen LogP contribution in [0.3, 0.4) is 0 Å². The smallest absolute Gasteiger partial charge is 0.248 e. The Bertz CT molecular complexity index is 1040. The monoisotopic (exact) mass is 567 g/mol. The second-order valence-electron chi connectivity index (χ2n) is 10.6. The fraction of sp³-hybridized carbons (Fsp3) is 0.607. The predicted molar refractivity (Wildman–Crippen MR) is 142 cm³/mol. The number of nitrogens with two attached hydrogens (primary N) is 1. The Morgan fingerprint density at radius 3 is 2.00 bits per heavy atom. The topological polar surface area (TPSA) is 201 Å². The number of carbonyl (C=O) groups excluding carboxylic acids is 1. The largest absolute Gasteiger partial charge is 0.461 e. The molecule has 2 saturated heterocycles. The zero-order valence-corrected chi connectivity index (χ0v) is 23.1. The number of aliphatic hydroxyl groups excluding tert-OH is 6. The average Bonchev–Trinajstić information content (AvgIpc) is 2.90. The Kier molecular flexibility index (Phi) is 11.2. The molecule has 12 heteroatoms. The zero-order valence-electron chi connectivity index (χ0n) is 23.1. The van der Waals surface area contributed by atoms with Crippen molar-refractivity contribution < 1.29 is 54.4 Å². The summed E-state index contributed by atoms with van der Waals surface area (Å²) in [5, 5.41) is 61.6. The lowest BCUT2D eigenvalue weighted by Gasteiger charge is -2.44. The molecule has 1 amide bonds. The van der Waals surface area contributed by atoms with Crippen molar-refractivity contribution in [3.63, 3.8) is 0 Å². The first-order valence-electron chi connectivity index (χ1n) is 13.2. The summed E-state index contributed by atoms with van der Waals surface area (Å²) in [6.45, 7) is 6.67. The van der Waals surface area contributed by atoms with E-state index in [0.717, 1.165) is 11.1 Å². The van der Waals surface area contributed by atoms with Gasteiger partial charge in [-0.25, -0.2) is 0 Å². The Balaban J connectivity index is 2.06. The molecule has 0 bridgehead atoms. The van der Waals surface area contributed by atoms with Gasteiger partial charge in [-0.2, -0.15) is 0 Å². The third-order valence-corrected chi connectivity index (χ3v) is 6.79. The molecule has 0 unspecified atom stereocenters. The van der Waals surface area contributed by atoms with E-state index in [-0.39, 0.29) is 12.2 Å². The van der Waals surface area contributed by atoms with E-state index >= 15 is 0 Å². The number of aliphatic hydroxyl groups is 6. The van der Waals surface area contributed by atoms with Crippen LogP contribution in [-0.2, 0) is 27.1 Å². The van der Waals surface area contributed by atoms with Crippen LogP contribution in [0.15, 0.2) is 35.4 Å². The Hall–Kier alpha value is -2.39. The lowest BCUT2D eigenvalue weighted by Crippen LogP contribution is -2.63. The van der Waals surface area contributed by atoms with E-state index < -0.39 is 67.8 Å². The molecule has 9 atom stereocenters. The van der Waals surface area contributed by atoms with E-state index in [1.54, 1.807) is 12.1 Å². The highest BCUT2D eigenvalue weighted by Crippen LogP contribution is 2.34. The van der Waals surface area contributed by atoms with Crippen molar-refractivity contribution in [2.24, 2.45) is 5.73 Å². The van der Waals surface area contributed by atoms with Crippen molar-refractivity contribution in [1.29, 1.82) is 0 Å². The minimum absolute atomic E-state index is 0.272. The zero-order chi connectivity index (χ0) is 29.7. The number of amides is 1. The molecule has 40 heavy (non-hydrogen) atoms. The van der Waals surface area contributed by atoms with Gasteiger partial charge >= 0.3 is 0 Å². The van der Waals surface area contributed by atoms with Gasteiger partial charge in [-0.3, -0.25) is 4.79 Å². The van der Waals surface area contributed by atoms with E-state index in [2.05, 4.69) is 0 Å². The van der Waals surface area contributed by atoms with Gasteiger partial charge in [0.2, 0.25) is 12.2 Å². The molecular formula is C28H41NO11. The van der Waals surface area contributed by atoms with E-state index in [4.69, 9.17) is 24.7 Å². The molecule has 0 aliphatic carbocycles. The van der Waals surface area contributed by atoms with Crippen LogP contribution >= 0.6 is 0 Å². The van der Waals surface area contributed by atoms with Crippen LogP contribution in [0.2, 0.25) is 0 Å². The molecule has 2 aliphatic rings. The van der Waals surface area contributed by atoms with E-state index in [9.17, 15) is 35.4 Å². The molecule has 1 aromatic carbocycles. The minimum Gasteiger partial charge on any atom is -0.461 e. The van der Waals surface area contributed by atoms with E-state index in [1.807, 2.05) is 39.8 Å². The standard InChI is InChI=1S/C28H41NO11/c1-13(2)5-7-15-9-17(26(29)36)10-16(8-6-14(3)4)24(15)39-28-25(22(34)21(33)19(11-30)38-28)40-27-23(35)20(32)18(31)12-37-27/h5-6,9-10,18-23,25,27-28,30-35H,7-8,11-12H2,1-4H3,(H2,29,36)/t18-,19+,20-,21+,22-,23+,25+,27+,28-/m0/s1. The lowest BCUT2D eigenvalue weighted by atomic mass is 9.96. The molecule has 2 fully saturated rings. The molecule has 224 valence electrons. The highest BCUT2D eigenvalue weighted by Gasteiger charge is 2.50. The van der Waals surface area contributed by atoms with Crippen LogP contribution in [0.1, 0.15) is 49.2 Å². The quantitative estimate of drug-likeness (QED) is 0.179. The summed E-state index contributed by atoms with van der Waals surface area (Å²) >= 11 is 0. The average molecular weight is 568 g/mol. The number of allylic oxidation sites excluding steroid dienone is 4. The minimum atomic E-state index is -1.68. The maximum atomic E-state index is 12.1. The van der Waals surface area contributed by atoms with Gasteiger partial charge in [0.25, 0.3) is 0 Å². The highest BCUT2D eigenvalue weighted by molar-refractivity contribution is 5.93. The molecule has 2 aliphatic heterocycles. The number of rotatable bonds is 10. The van der Waals surface area contributed by atoms with Gasteiger partial charge in [0.1, 0.15) is 42.4 Å². The number of hydrogen-bond acceptors (Lipinski definition) is 11. The Morgan fingerprint density at radius 2 is 1.50 bits per heavy atom. The number of hydrogen-bond donors (Lipinski definition) is 7. The number of ether oxygens (including phenoxy) is 4. The summed E-state index contributed by atoms with van der Waals surface area (Å²) < 4.78 is 23.2. The van der Waals surface area contributed by atoms with Gasteiger partial charge in [-0.1, -0.05) is 23.3 Å². The molecular weight excluding hydrogens is 526 g/mol. The molecule has 2 heterocycles. The first-order valence-corrected chi connectivity index (χ1v) is 13.2. The number of carbonyl (C=O) groups is 1. The molecule has 0 radical (unpaired) electrons. The molecule has 0 aromatic heterocycles. The first-order chi connectivity index (χ1) is 18.8. The Morgan fingerprint density at radius 1 is 0.925 bits per heavy atom. The number of primary amides is 1. The van der Waals surface area contributed by atoms with Crippen molar-refractivity contribution in [2.45, 2.75) is 95.8 Å². The molecule has 0 spiro atoms. The van der Waals surface area contributed by atoms with Crippen LogP contribution in [0.5, 0.6) is 5.75 Å². The first kappa shape index (κ1) is 32.1. The summed E-state index contributed by atoms with van der Waals surface area (Å²) in [6, 6.07) is 3.20. The predicted octanol–water partition coefficient (Wildman–Crippen LogP) is -0.555. The van der Waals surface area contributed by atoms with Crippen molar-refractivity contribution in [3.05, 3.63) is 52.1 Å². The van der Waals surface area contributed by atoms with Gasteiger partial charge in [0.15, 0.2) is 12.4 Å². The second-order valence-corrected chi connectivity index (χ2v) is 10.6. The van der Waals surface area contributed by atoms with Crippen LogP contribution in [0, 0.1) is 0 Å². The highest BCUT2D eigenvalue weighted by atomic mass is 16.8. The maximum Gasteiger partial charge on any atom is 0.248 e. The van der Waals surface area contributed by atoms with Crippen LogP contribution in [0.25, 0.3) is 0 Å². The molecule has 12 nitrogen and oxygen atoms in total. The second kappa shape index (κ2) is 14.0. The van der Waals surface area contributed by atoms with Crippen molar-refractivity contribution in [2.75, 3.05) is 13.2 Å².